The summed E-state index contributed by atoms with van der Waals surface area (Å²) in [5.74, 6) is 0.616. The number of allylic oxidation sites excluding steroid dienone is 1. The Labute approximate surface area is 138 Å². The minimum absolute atomic E-state index is 0.0333. The van der Waals surface area contributed by atoms with Crippen molar-refractivity contribution in [2.75, 3.05) is 0 Å². The summed E-state index contributed by atoms with van der Waals surface area (Å²) in [6, 6.07) is 11.5. The van der Waals surface area contributed by atoms with E-state index in [0.29, 0.717) is 12.2 Å². The topological polar surface area (TPSA) is 40.5 Å². The summed E-state index contributed by atoms with van der Waals surface area (Å²) < 4.78 is 0. The molecule has 2 aromatic rings. The Bertz CT molecular complexity index is 756. The fourth-order valence-corrected chi connectivity index (χ4v) is 4.13. The monoisotopic (exact) mass is 308 g/mol. The normalized spacial score (nSPS) is 21.9. The van der Waals surface area contributed by atoms with Crippen LogP contribution in [0.15, 0.2) is 49.1 Å². The van der Waals surface area contributed by atoms with E-state index in [1.165, 1.54) is 11.1 Å². The maximum atomic E-state index is 10.4. The fraction of sp³-hybridized carbons (Fsp3) is 0.333. The molecule has 0 aliphatic heterocycles. The number of aromatic hydroxyl groups is 2. The first-order valence-electron chi connectivity index (χ1n) is 8.05. The van der Waals surface area contributed by atoms with Crippen molar-refractivity contribution in [1.29, 1.82) is 0 Å². The summed E-state index contributed by atoms with van der Waals surface area (Å²) in [7, 11) is 0. The van der Waals surface area contributed by atoms with Crippen LogP contribution in [0.5, 0.6) is 11.5 Å². The molecule has 0 aromatic heterocycles. The Morgan fingerprint density at radius 1 is 1.04 bits per heavy atom. The molecule has 2 nitrogen and oxygen atoms in total. The lowest BCUT2D eigenvalue weighted by atomic mass is 9.75. The van der Waals surface area contributed by atoms with Gasteiger partial charge in [-0.2, -0.15) is 0 Å². The third-order valence-electron chi connectivity index (χ3n) is 5.21. The van der Waals surface area contributed by atoms with Crippen molar-refractivity contribution >= 4 is 0 Å². The second kappa shape index (κ2) is 5.16. The van der Waals surface area contributed by atoms with Crippen molar-refractivity contribution < 1.29 is 10.2 Å². The van der Waals surface area contributed by atoms with E-state index >= 15 is 0 Å². The van der Waals surface area contributed by atoms with Crippen LogP contribution in [0, 0.1) is 0 Å². The number of phenolic OH excluding ortho intramolecular Hbond substituents is 2. The summed E-state index contributed by atoms with van der Waals surface area (Å²) in [6.07, 6.45) is 3.46. The van der Waals surface area contributed by atoms with Gasteiger partial charge in [0.15, 0.2) is 0 Å². The first kappa shape index (κ1) is 15.7. The summed E-state index contributed by atoms with van der Waals surface area (Å²) in [5, 5.41) is 20.0. The quantitative estimate of drug-likeness (QED) is 0.799. The number of phenols is 2. The van der Waals surface area contributed by atoms with Gasteiger partial charge in [-0.15, -0.1) is 6.58 Å². The number of hydrogen-bond donors (Lipinski definition) is 2. The van der Waals surface area contributed by atoms with Crippen LogP contribution in [0.1, 0.15) is 49.4 Å². The van der Waals surface area contributed by atoms with Gasteiger partial charge in [0.05, 0.1) is 0 Å². The fourth-order valence-electron chi connectivity index (χ4n) is 4.13. The molecule has 0 saturated carbocycles. The van der Waals surface area contributed by atoms with Crippen molar-refractivity contribution in [2.45, 2.75) is 44.4 Å². The van der Waals surface area contributed by atoms with Gasteiger partial charge in [0.2, 0.25) is 0 Å². The molecule has 0 fully saturated rings. The van der Waals surface area contributed by atoms with Gasteiger partial charge in [0.1, 0.15) is 11.5 Å². The molecular weight excluding hydrogens is 284 g/mol. The molecule has 2 heteroatoms. The lowest BCUT2D eigenvalue weighted by molar-refractivity contribution is 0.423. The van der Waals surface area contributed by atoms with Crippen LogP contribution in [0.2, 0.25) is 0 Å². The van der Waals surface area contributed by atoms with Gasteiger partial charge in [-0.05, 0) is 58.7 Å². The standard InChI is InChI=1S/C21H24O2/c1-5-6-14-11-17-18(12-19(14)23)21(4,13-20(17,2)3)15-7-9-16(22)10-8-15/h5,7-12,22-23H,1,6,13H2,2-4H3. The highest BCUT2D eigenvalue weighted by atomic mass is 16.3. The molecule has 1 aliphatic carbocycles. The molecule has 0 saturated heterocycles. The average Bonchev–Trinajstić information content (AvgIpc) is 2.68. The van der Waals surface area contributed by atoms with Crippen LogP contribution in [0.3, 0.4) is 0 Å². The SMILES string of the molecule is C=CCc1cc2c(cc1O)C(C)(c1ccc(O)cc1)CC2(C)C. The lowest BCUT2D eigenvalue weighted by Crippen LogP contribution is -2.23. The third-order valence-corrected chi connectivity index (χ3v) is 5.21. The minimum atomic E-state index is -0.170. The van der Waals surface area contributed by atoms with E-state index in [1.54, 1.807) is 12.1 Å². The van der Waals surface area contributed by atoms with Crippen molar-refractivity contribution in [2.24, 2.45) is 0 Å². The second-order valence-electron chi connectivity index (χ2n) is 7.46. The minimum Gasteiger partial charge on any atom is -0.508 e. The predicted octanol–water partition coefficient (Wildman–Crippen LogP) is 4.81. The Balaban J connectivity index is 2.20. The zero-order valence-corrected chi connectivity index (χ0v) is 14.1. The van der Waals surface area contributed by atoms with Crippen molar-refractivity contribution in [1.82, 2.24) is 0 Å². The van der Waals surface area contributed by atoms with Crippen LogP contribution in [-0.2, 0) is 17.3 Å². The first-order valence-corrected chi connectivity index (χ1v) is 8.05. The number of hydrogen-bond acceptors (Lipinski definition) is 2. The molecule has 120 valence electrons. The molecule has 1 unspecified atom stereocenters. The maximum absolute atomic E-state index is 10.4. The third kappa shape index (κ3) is 2.42. The smallest absolute Gasteiger partial charge is 0.119 e. The Kier molecular flexibility index (Phi) is 3.51. The van der Waals surface area contributed by atoms with E-state index in [9.17, 15) is 10.2 Å². The van der Waals surface area contributed by atoms with Gasteiger partial charge in [-0.25, -0.2) is 0 Å². The highest BCUT2D eigenvalue weighted by Crippen LogP contribution is 2.54. The number of rotatable bonds is 3. The van der Waals surface area contributed by atoms with Crippen LogP contribution in [-0.4, -0.2) is 10.2 Å². The van der Waals surface area contributed by atoms with E-state index in [-0.39, 0.29) is 16.6 Å². The first-order chi connectivity index (χ1) is 10.8. The highest BCUT2D eigenvalue weighted by molar-refractivity contribution is 5.56. The van der Waals surface area contributed by atoms with Crippen molar-refractivity contribution in [3.63, 3.8) is 0 Å². The predicted molar refractivity (Wildman–Crippen MR) is 94.2 cm³/mol. The molecule has 0 radical (unpaired) electrons. The van der Waals surface area contributed by atoms with Crippen LogP contribution in [0.4, 0.5) is 0 Å². The van der Waals surface area contributed by atoms with Crippen LogP contribution in [0.25, 0.3) is 0 Å². The van der Waals surface area contributed by atoms with Crippen molar-refractivity contribution in [3.05, 3.63) is 71.3 Å². The maximum Gasteiger partial charge on any atom is 0.119 e. The average molecular weight is 308 g/mol. The van der Waals surface area contributed by atoms with Gasteiger partial charge < -0.3 is 10.2 Å². The van der Waals surface area contributed by atoms with Crippen LogP contribution < -0.4 is 0 Å². The summed E-state index contributed by atoms with van der Waals surface area (Å²) in [5.41, 5.74) is 4.43. The highest BCUT2D eigenvalue weighted by Gasteiger charge is 2.46. The lowest BCUT2D eigenvalue weighted by Gasteiger charge is -2.28. The molecule has 2 aromatic carbocycles. The summed E-state index contributed by atoms with van der Waals surface area (Å²) in [6.45, 7) is 10.5. The van der Waals surface area contributed by atoms with E-state index in [1.807, 2.05) is 24.3 Å². The molecule has 0 heterocycles. The molecule has 2 N–H and O–H groups in total. The number of fused-ring (bicyclic) bond motifs is 1. The molecule has 0 bridgehead atoms. The van der Waals surface area contributed by atoms with E-state index in [2.05, 4.69) is 33.4 Å². The molecule has 0 amide bonds. The Morgan fingerprint density at radius 3 is 2.30 bits per heavy atom. The summed E-state index contributed by atoms with van der Waals surface area (Å²) in [4.78, 5) is 0. The number of benzene rings is 2. The van der Waals surface area contributed by atoms with Gasteiger partial charge >= 0.3 is 0 Å². The molecule has 1 aliphatic rings. The van der Waals surface area contributed by atoms with E-state index in [0.717, 1.165) is 17.5 Å². The van der Waals surface area contributed by atoms with Crippen LogP contribution >= 0.6 is 0 Å². The molecule has 23 heavy (non-hydrogen) atoms. The van der Waals surface area contributed by atoms with E-state index < -0.39 is 0 Å². The Hall–Kier alpha value is -2.22. The Morgan fingerprint density at radius 2 is 1.70 bits per heavy atom. The summed E-state index contributed by atoms with van der Waals surface area (Å²) >= 11 is 0. The zero-order chi connectivity index (χ0) is 16.8. The van der Waals surface area contributed by atoms with Gasteiger partial charge in [0, 0.05) is 5.41 Å². The molecule has 1 atom stereocenters. The zero-order valence-electron chi connectivity index (χ0n) is 14.1. The molecule has 3 rings (SSSR count). The largest absolute Gasteiger partial charge is 0.508 e. The second-order valence-corrected chi connectivity index (χ2v) is 7.46. The van der Waals surface area contributed by atoms with Crippen molar-refractivity contribution in [3.8, 4) is 11.5 Å². The van der Waals surface area contributed by atoms with Gasteiger partial charge in [0.25, 0.3) is 0 Å². The van der Waals surface area contributed by atoms with Gasteiger partial charge in [-0.3, -0.25) is 0 Å². The molecular formula is C21H24O2. The van der Waals surface area contributed by atoms with E-state index in [4.69, 9.17) is 0 Å². The van der Waals surface area contributed by atoms with Gasteiger partial charge in [-0.1, -0.05) is 45.0 Å². The molecule has 0 spiro atoms.